The average molecular weight is 524 g/mol. The number of halogens is 2. The van der Waals surface area contributed by atoms with Crippen LogP contribution < -0.4 is 9.64 Å². The lowest BCUT2D eigenvalue weighted by molar-refractivity contribution is -0.132. The zero-order valence-electron chi connectivity index (χ0n) is 20.7. The molecule has 1 heterocycles. The van der Waals surface area contributed by atoms with Gasteiger partial charge in [0.05, 0.1) is 23.7 Å². The Morgan fingerprint density at radius 2 is 1.64 bits per heavy atom. The van der Waals surface area contributed by atoms with Crippen molar-refractivity contribution in [3.63, 3.8) is 0 Å². The predicted molar refractivity (Wildman–Crippen MR) is 144 cm³/mol. The van der Waals surface area contributed by atoms with Gasteiger partial charge in [0.1, 0.15) is 11.5 Å². The highest BCUT2D eigenvalue weighted by Crippen LogP contribution is 2.44. The first-order chi connectivity index (χ1) is 17.0. The van der Waals surface area contributed by atoms with Crippen LogP contribution in [0, 0.1) is 6.92 Å². The number of hydrogen-bond acceptors (Lipinski definition) is 4. The fraction of sp³-hybridized carbons (Fsp3) is 0.241. The largest absolute Gasteiger partial charge is 0.507 e. The fourth-order valence-corrected chi connectivity index (χ4v) is 4.75. The third-order valence-electron chi connectivity index (χ3n) is 6.46. The van der Waals surface area contributed by atoms with Gasteiger partial charge in [-0.25, -0.2) is 0 Å². The molecule has 1 atom stereocenters. The lowest BCUT2D eigenvalue weighted by atomic mass is 9.85. The Morgan fingerprint density at radius 3 is 2.25 bits per heavy atom. The minimum absolute atomic E-state index is 0.0211. The average Bonchev–Trinajstić information content (AvgIpc) is 3.10. The quantitative estimate of drug-likeness (QED) is 0.222. The second kappa shape index (κ2) is 9.64. The van der Waals surface area contributed by atoms with Crippen molar-refractivity contribution in [2.24, 2.45) is 0 Å². The molecule has 7 heteroatoms. The van der Waals surface area contributed by atoms with E-state index in [1.165, 1.54) is 18.1 Å². The van der Waals surface area contributed by atoms with E-state index in [9.17, 15) is 14.7 Å². The van der Waals surface area contributed by atoms with E-state index in [1.54, 1.807) is 37.3 Å². The van der Waals surface area contributed by atoms with Gasteiger partial charge in [0.15, 0.2) is 0 Å². The highest BCUT2D eigenvalue weighted by Gasteiger charge is 2.47. The van der Waals surface area contributed by atoms with E-state index in [-0.39, 0.29) is 16.7 Å². The van der Waals surface area contributed by atoms with Crippen LogP contribution in [0.3, 0.4) is 0 Å². The van der Waals surface area contributed by atoms with Crippen molar-refractivity contribution < 1.29 is 19.4 Å². The Bertz CT molecular complexity index is 1390. The van der Waals surface area contributed by atoms with E-state index in [2.05, 4.69) is 20.8 Å². The maximum absolute atomic E-state index is 13.4. The number of ether oxygens (including phenoxy) is 1. The van der Waals surface area contributed by atoms with Crippen LogP contribution in [0.2, 0.25) is 10.0 Å². The molecule has 0 saturated carbocycles. The van der Waals surface area contributed by atoms with Crippen molar-refractivity contribution >= 4 is 46.3 Å². The van der Waals surface area contributed by atoms with Crippen molar-refractivity contribution in [3.8, 4) is 5.75 Å². The number of carbonyl (C=O) groups excluding carboxylic acids is 2. The molecule has 1 saturated heterocycles. The molecule has 1 aliphatic heterocycles. The molecule has 3 aromatic rings. The second-order valence-corrected chi connectivity index (χ2v) is 10.6. The molecule has 1 aliphatic rings. The molecule has 1 fully saturated rings. The molecule has 186 valence electrons. The summed E-state index contributed by atoms with van der Waals surface area (Å²) in [7, 11) is 1.46. The van der Waals surface area contributed by atoms with Gasteiger partial charge in [-0.3, -0.25) is 14.5 Å². The van der Waals surface area contributed by atoms with Crippen molar-refractivity contribution in [1.29, 1.82) is 0 Å². The van der Waals surface area contributed by atoms with Gasteiger partial charge in [0, 0.05) is 16.3 Å². The molecule has 1 unspecified atom stereocenters. The second-order valence-electron chi connectivity index (χ2n) is 9.77. The number of carbonyl (C=O) groups is 2. The number of hydrogen-bond donors (Lipinski definition) is 1. The first kappa shape index (κ1) is 25.8. The summed E-state index contributed by atoms with van der Waals surface area (Å²) in [6.45, 7) is 8.12. The molecular weight excluding hydrogens is 497 g/mol. The fourth-order valence-electron chi connectivity index (χ4n) is 4.38. The summed E-state index contributed by atoms with van der Waals surface area (Å²) in [5.41, 5.74) is 3.16. The van der Waals surface area contributed by atoms with E-state index in [1.807, 2.05) is 24.3 Å². The van der Waals surface area contributed by atoms with Crippen molar-refractivity contribution in [2.45, 2.75) is 39.2 Å². The highest BCUT2D eigenvalue weighted by atomic mass is 35.5. The van der Waals surface area contributed by atoms with E-state index in [4.69, 9.17) is 27.9 Å². The molecule has 1 N–H and O–H groups in total. The summed E-state index contributed by atoms with van der Waals surface area (Å²) in [6.07, 6.45) is 0. The number of methoxy groups -OCH3 is 1. The third kappa shape index (κ3) is 4.49. The van der Waals surface area contributed by atoms with Crippen LogP contribution >= 0.6 is 23.2 Å². The van der Waals surface area contributed by atoms with Gasteiger partial charge in [-0.15, -0.1) is 0 Å². The summed E-state index contributed by atoms with van der Waals surface area (Å²) in [6, 6.07) is 16.8. The van der Waals surface area contributed by atoms with E-state index < -0.39 is 17.7 Å². The number of rotatable bonds is 4. The Balaban J connectivity index is 1.97. The molecule has 0 bridgehead atoms. The van der Waals surface area contributed by atoms with Crippen LogP contribution in [0.15, 0.2) is 66.2 Å². The number of Topliss-reactive ketones (excluding diaryl/α,β-unsaturated/α-hetero) is 1. The molecule has 0 radical (unpaired) electrons. The normalized spacial score (nSPS) is 17.5. The summed E-state index contributed by atoms with van der Waals surface area (Å²) in [5, 5.41) is 12.2. The molecule has 4 rings (SSSR count). The van der Waals surface area contributed by atoms with Crippen molar-refractivity contribution in [3.05, 3.63) is 98.5 Å². The van der Waals surface area contributed by atoms with Crippen molar-refractivity contribution in [1.82, 2.24) is 0 Å². The van der Waals surface area contributed by atoms with Gasteiger partial charge in [-0.05, 0) is 59.4 Å². The standard InChI is InChI=1S/C29H27Cl2NO4/c1-16-20(30)7-6-8-22(16)32-25(17-9-12-19(13-10-17)29(2,3)4)24(27(34)28(32)35)26(33)18-11-14-21(31)23(15-18)36-5/h6-15,25,33H,1-5H3/b26-24+. The summed E-state index contributed by atoms with van der Waals surface area (Å²) in [4.78, 5) is 28.3. The SMILES string of the molecule is COc1cc(/C(O)=C2\C(=O)C(=O)N(c3cccc(Cl)c3C)C2c2ccc(C(C)(C)C)cc2)ccc1Cl. The van der Waals surface area contributed by atoms with Gasteiger partial charge in [0.25, 0.3) is 11.7 Å². The number of aliphatic hydroxyl groups is 1. The minimum atomic E-state index is -0.863. The monoisotopic (exact) mass is 523 g/mol. The lowest BCUT2D eigenvalue weighted by Crippen LogP contribution is -2.30. The van der Waals surface area contributed by atoms with E-state index in [0.717, 1.165) is 5.56 Å². The molecular formula is C29H27Cl2NO4. The molecule has 1 amide bonds. The number of aliphatic hydroxyl groups excluding tert-OH is 1. The molecule has 36 heavy (non-hydrogen) atoms. The van der Waals surface area contributed by atoms with Crippen LogP contribution in [0.1, 0.15) is 49.1 Å². The summed E-state index contributed by atoms with van der Waals surface area (Å²) >= 11 is 12.5. The minimum Gasteiger partial charge on any atom is -0.507 e. The number of nitrogens with zero attached hydrogens (tertiary/aromatic N) is 1. The number of ketones is 1. The smallest absolute Gasteiger partial charge is 0.300 e. The number of amides is 1. The maximum atomic E-state index is 13.4. The van der Waals surface area contributed by atoms with Gasteiger partial charge in [-0.1, -0.05) is 74.3 Å². The maximum Gasteiger partial charge on any atom is 0.300 e. The van der Waals surface area contributed by atoms with Gasteiger partial charge < -0.3 is 9.84 Å². The molecule has 0 aliphatic carbocycles. The summed E-state index contributed by atoms with van der Waals surface area (Å²) in [5.74, 6) is -1.50. The molecule has 3 aromatic carbocycles. The highest BCUT2D eigenvalue weighted by molar-refractivity contribution is 6.52. The predicted octanol–water partition coefficient (Wildman–Crippen LogP) is 7.23. The Labute approximate surface area is 220 Å². The molecule has 0 spiro atoms. The lowest BCUT2D eigenvalue weighted by Gasteiger charge is -2.28. The number of benzene rings is 3. The van der Waals surface area contributed by atoms with Gasteiger partial charge in [-0.2, -0.15) is 0 Å². The third-order valence-corrected chi connectivity index (χ3v) is 7.18. The van der Waals surface area contributed by atoms with Crippen LogP contribution in [-0.4, -0.2) is 23.9 Å². The Morgan fingerprint density at radius 1 is 0.972 bits per heavy atom. The van der Waals surface area contributed by atoms with Crippen LogP contribution in [0.4, 0.5) is 5.69 Å². The topological polar surface area (TPSA) is 66.8 Å². The first-order valence-corrected chi connectivity index (χ1v) is 12.2. The van der Waals surface area contributed by atoms with E-state index >= 15 is 0 Å². The Hall–Kier alpha value is -3.28. The van der Waals surface area contributed by atoms with Crippen LogP contribution in [0.25, 0.3) is 5.76 Å². The van der Waals surface area contributed by atoms with Gasteiger partial charge >= 0.3 is 0 Å². The van der Waals surface area contributed by atoms with Crippen molar-refractivity contribution in [2.75, 3.05) is 12.0 Å². The Kier molecular flexibility index (Phi) is 6.91. The van der Waals surface area contributed by atoms with Gasteiger partial charge in [0.2, 0.25) is 0 Å². The zero-order valence-corrected chi connectivity index (χ0v) is 22.2. The van der Waals surface area contributed by atoms with Crippen LogP contribution in [-0.2, 0) is 15.0 Å². The number of anilines is 1. The van der Waals surface area contributed by atoms with E-state index in [0.29, 0.717) is 38.2 Å². The van der Waals surface area contributed by atoms with Crippen LogP contribution in [0.5, 0.6) is 5.75 Å². The zero-order chi connectivity index (χ0) is 26.4. The molecule has 0 aromatic heterocycles. The molecule has 5 nitrogen and oxygen atoms in total. The summed E-state index contributed by atoms with van der Waals surface area (Å²) < 4.78 is 5.28. The first-order valence-electron chi connectivity index (χ1n) is 11.5.